The van der Waals surface area contributed by atoms with E-state index in [0.717, 1.165) is 6.08 Å². The highest BCUT2D eigenvalue weighted by Crippen LogP contribution is 2.38. The van der Waals surface area contributed by atoms with Crippen molar-refractivity contribution in [2.75, 3.05) is 7.11 Å². The van der Waals surface area contributed by atoms with Crippen LogP contribution >= 0.6 is 0 Å². The van der Waals surface area contributed by atoms with E-state index in [1.54, 1.807) is 0 Å². The number of benzene rings is 1. The lowest BCUT2D eigenvalue weighted by Gasteiger charge is -2.11. The zero-order chi connectivity index (χ0) is 12.1. The topological polar surface area (TPSA) is 72.8 Å². The molecule has 16 heavy (non-hydrogen) atoms. The van der Waals surface area contributed by atoms with Crippen molar-refractivity contribution in [1.82, 2.24) is 0 Å². The predicted octanol–water partition coefficient (Wildman–Crippen LogP) is 1.30. The molecule has 0 saturated heterocycles. The molecule has 0 radical (unpaired) electrons. The molecule has 0 aromatic heterocycles. The Morgan fingerprint density at radius 1 is 1.44 bits per heavy atom. The molecule has 1 aromatic rings. The molecular weight excluding hydrogens is 212 g/mol. The van der Waals surface area contributed by atoms with Crippen LogP contribution in [0.1, 0.15) is 10.4 Å². The van der Waals surface area contributed by atoms with E-state index in [2.05, 4.69) is 6.58 Å². The van der Waals surface area contributed by atoms with E-state index < -0.39 is 5.97 Å². The standard InChI is InChI=1S/C11H10O5/c1-3-9(14)16-10-7(6-12)4-5-8(13)11(10)15-2/h3-6,13H,1H2,2H3. The van der Waals surface area contributed by atoms with Crippen molar-refractivity contribution in [1.29, 1.82) is 0 Å². The largest absolute Gasteiger partial charge is 0.504 e. The molecule has 0 heterocycles. The maximum absolute atomic E-state index is 11.0. The Labute approximate surface area is 91.9 Å². The van der Waals surface area contributed by atoms with E-state index in [9.17, 15) is 14.7 Å². The minimum absolute atomic E-state index is 0.0696. The van der Waals surface area contributed by atoms with E-state index in [1.165, 1.54) is 19.2 Å². The Kier molecular flexibility index (Phi) is 3.66. The van der Waals surface area contributed by atoms with Crippen LogP contribution in [0.5, 0.6) is 17.2 Å². The van der Waals surface area contributed by atoms with Crippen LogP contribution in [0.3, 0.4) is 0 Å². The quantitative estimate of drug-likeness (QED) is 0.360. The number of hydrogen-bond acceptors (Lipinski definition) is 5. The molecule has 0 fully saturated rings. The highest BCUT2D eigenvalue weighted by atomic mass is 16.6. The van der Waals surface area contributed by atoms with Gasteiger partial charge in [-0.15, -0.1) is 0 Å². The molecular formula is C11H10O5. The van der Waals surface area contributed by atoms with Crippen LogP contribution in [-0.2, 0) is 4.79 Å². The van der Waals surface area contributed by atoms with E-state index in [1.807, 2.05) is 0 Å². The van der Waals surface area contributed by atoms with Gasteiger partial charge in [0.25, 0.3) is 0 Å². The van der Waals surface area contributed by atoms with Gasteiger partial charge in [0.15, 0.2) is 17.8 Å². The molecule has 0 amide bonds. The average molecular weight is 222 g/mol. The SMILES string of the molecule is C=CC(=O)Oc1c(C=O)ccc(O)c1OC. The number of hydrogen-bond donors (Lipinski definition) is 1. The summed E-state index contributed by atoms with van der Waals surface area (Å²) in [5, 5.41) is 9.44. The zero-order valence-electron chi connectivity index (χ0n) is 8.60. The molecule has 0 aliphatic rings. The van der Waals surface area contributed by atoms with Gasteiger partial charge < -0.3 is 14.6 Å². The van der Waals surface area contributed by atoms with Crippen LogP contribution < -0.4 is 9.47 Å². The number of methoxy groups -OCH3 is 1. The smallest absolute Gasteiger partial charge is 0.335 e. The first-order chi connectivity index (χ1) is 7.63. The van der Waals surface area contributed by atoms with Crippen LogP contribution in [0.15, 0.2) is 24.8 Å². The van der Waals surface area contributed by atoms with Gasteiger partial charge in [-0.25, -0.2) is 4.79 Å². The van der Waals surface area contributed by atoms with Crippen LogP contribution in [-0.4, -0.2) is 24.5 Å². The number of ether oxygens (including phenoxy) is 2. The first-order valence-electron chi connectivity index (χ1n) is 4.33. The summed E-state index contributed by atoms with van der Waals surface area (Å²) >= 11 is 0. The van der Waals surface area contributed by atoms with E-state index in [-0.39, 0.29) is 22.8 Å². The number of carbonyl (C=O) groups excluding carboxylic acids is 2. The minimum atomic E-state index is -0.744. The summed E-state index contributed by atoms with van der Waals surface area (Å²) in [5.41, 5.74) is 0.102. The summed E-state index contributed by atoms with van der Waals surface area (Å²) in [4.78, 5) is 21.8. The fourth-order valence-electron chi connectivity index (χ4n) is 1.11. The van der Waals surface area contributed by atoms with Crippen molar-refractivity contribution in [3.8, 4) is 17.2 Å². The normalized spacial score (nSPS) is 9.31. The molecule has 0 unspecified atom stereocenters. The number of rotatable bonds is 4. The number of phenolic OH excluding ortho intramolecular Hbond substituents is 1. The van der Waals surface area contributed by atoms with Gasteiger partial charge in [0, 0.05) is 6.08 Å². The van der Waals surface area contributed by atoms with Gasteiger partial charge in [0.2, 0.25) is 5.75 Å². The van der Waals surface area contributed by atoms with Gasteiger partial charge in [-0.05, 0) is 12.1 Å². The van der Waals surface area contributed by atoms with Gasteiger partial charge in [-0.2, -0.15) is 0 Å². The fraction of sp³-hybridized carbons (Fsp3) is 0.0909. The molecule has 5 nitrogen and oxygen atoms in total. The molecule has 0 bridgehead atoms. The third kappa shape index (κ3) is 2.20. The maximum Gasteiger partial charge on any atom is 0.335 e. The van der Waals surface area contributed by atoms with Crippen molar-refractivity contribution in [2.24, 2.45) is 0 Å². The highest BCUT2D eigenvalue weighted by Gasteiger charge is 2.17. The Morgan fingerprint density at radius 3 is 2.62 bits per heavy atom. The van der Waals surface area contributed by atoms with E-state index in [4.69, 9.17) is 9.47 Å². The Morgan fingerprint density at radius 2 is 2.12 bits per heavy atom. The second kappa shape index (κ2) is 4.97. The molecule has 0 atom stereocenters. The monoisotopic (exact) mass is 222 g/mol. The molecule has 0 aliphatic heterocycles. The van der Waals surface area contributed by atoms with Crippen molar-refractivity contribution < 1.29 is 24.2 Å². The van der Waals surface area contributed by atoms with Crippen molar-refractivity contribution >= 4 is 12.3 Å². The molecule has 0 aliphatic carbocycles. The lowest BCUT2D eigenvalue weighted by molar-refractivity contribution is -0.129. The van der Waals surface area contributed by atoms with Crippen molar-refractivity contribution in [2.45, 2.75) is 0 Å². The Balaban J connectivity index is 3.29. The van der Waals surface area contributed by atoms with Crippen LogP contribution in [0, 0.1) is 0 Å². The Bertz CT molecular complexity index is 436. The van der Waals surface area contributed by atoms with Gasteiger partial charge in [-0.3, -0.25) is 4.79 Å². The van der Waals surface area contributed by atoms with Crippen LogP contribution in [0.4, 0.5) is 0 Å². The molecule has 0 spiro atoms. The van der Waals surface area contributed by atoms with Crippen molar-refractivity contribution in [3.05, 3.63) is 30.4 Å². The third-order valence-electron chi connectivity index (χ3n) is 1.82. The summed E-state index contributed by atoms with van der Waals surface area (Å²) in [6, 6.07) is 2.59. The second-order valence-electron chi connectivity index (χ2n) is 2.78. The predicted molar refractivity (Wildman–Crippen MR) is 55.9 cm³/mol. The van der Waals surface area contributed by atoms with Crippen LogP contribution in [0.2, 0.25) is 0 Å². The minimum Gasteiger partial charge on any atom is -0.504 e. The maximum atomic E-state index is 11.0. The lowest BCUT2D eigenvalue weighted by atomic mass is 10.2. The molecule has 1 aromatic carbocycles. The zero-order valence-corrected chi connectivity index (χ0v) is 8.60. The number of carbonyl (C=O) groups is 2. The lowest BCUT2D eigenvalue weighted by Crippen LogP contribution is -2.06. The number of esters is 1. The van der Waals surface area contributed by atoms with Gasteiger partial charge in [-0.1, -0.05) is 6.58 Å². The number of aromatic hydroxyl groups is 1. The molecule has 1 rings (SSSR count). The molecule has 5 heteroatoms. The summed E-state index contributed by atoms with van der Waals surface area (Å²) in [6.45, 7) is 3.22. The average Bonchev–Trinajstić information content (AvgIpc) is 2.29. The summed E-state index contributed by atoms with van der Waals surface area (Å²) in [6.07, 6.45) is 1.44. The summed E-state index contributed by atoms with van der Waals surface area (Å²) in [7, 11) is 1.29. The molecule has 84 valence electrons. The first-order valence-corrected chi connectivity index (χ1v) is 4.33. The third-order valence-corrected chi connectivity index (χ3v) is 1.82. The van der Waals surface area contributed by atoms with Crippen LogP contribution in [0.25, 0.3) is 0 Å². The molecule has 0 saturated carbocycles. The number of phenols is 1. The summed E-state index contributed by atoms with van der Waals surface area (Å²) in [5.74, 6) is -1.16. The van der Waals surface area contributed by atoms with Gasteiger partial charge >= 0.3 is 5.97 Å². The number of aldehydes is 1. The van der Waals surface area contributed by atoms with E-state index >= 15 is 0 Å². The van der Waals surface area contributed by atoms with Crippen molar-refractivity contribution in [3.63, 3.8) is 0 Å². The summed E-state index contributed by atoms with van der Waals surface area (Å²) < 4.78 is 9.66. The first kappa shape index (κ1) is 11.8. The fourth-order valence-corrected chi connectivity index (χ4v) is 1.11. The molecule has 1 N–H and O–H groups in total. The van der Waals surface area contributed by atoms with E-state index in [0.29, 0.717) is 6.29 Å². The second-order valence-corrected chi connectivity index (χ2v) is 2.78. The highest BCUT2D eigenvalue weighted by molar-refractivity contribution is 5.88. The van der Waals surface area contributed by atoms with Gasteiger partial charge in [0.1, 0.15) is 0 Å². The Hall–Kier alpha value is -2.30. The van der Waals surface area contributed by atoms with Gasteiger partial charge in [0.05, 0.1) is 12.7 Å².